The third-order valence-electron chi connectivity index (χ3n) is 5.73. The highest BCUT2D eigenvalue weighted by Crippen LogP contribution is 2.27. The Morgan fingerprint density at radius 1 is 1.39 bits per heavy atom. The summed E-state index contributed by atoms with van der Waals surface area (Å²) < 4.78 is 14.1. The second-order valence-corrected chi connectivity index (χ2v) is 8.85. The van der Waals surface area contributed by atoms with Crippen LogP contribution in [0.2, 0.25) is 5.02 Å². The number of nitrogens with zero attached hydrogens (tertiary/aromatic N) is 3. The number of benzene rings is 1. The van der Waals surface area contributed by atoms with E-state index in [0.29, 0.717) is 31.0 Å². The van der Waals surface area contributed by atoms with Crippen molar-refractivity contribution >= 4 is 23.6 Å². The summed E-state index contributed by atoms with van der Waals surface area (Å²) in [7, 11) is 0. The number of carbonyl (C=O) groups is 1. The number of aromatic nitrogens is 2. The van der Waals surface area contributed by atoms with Gasteiger partial charge in [0.2, 0.25) is 5.95 Å². The van der Waals surface area contributed by atoms with Gasteiger partial charge in [0.25, 0.3) is 0 Å². The second kappa shape index (κ2) is 9.36. The van der Waals surface area contributed by atoms with E-state index in [-0.39, 0.29) is 29.2 Å². The van der Waals surface area contributed by atoms with E-state index in [1.165, 1.54) is 12.1 Å². The predicted molar refractivity (Wildman–Crippen MR) is 119 cm³/mol. The van der Waals surface area contributed by atoms with Crippen LogP contribution in [0.3, 0.4) is 0 Å². The van der Waals surface area contributed by atoms with Crippen molar-refractivity contribution in [2.75, 3.05) is 18.4 Å². The molecule has 2 aromatic rings. The van der Waals surface area contributed by atoms with Gasteiger partial charge in [-0.2, -0.15) is 0 Å². The molecule has 31 heavy (non-hydrogen) atoms. The topological polar surface area (TPSA) is 82.2 Å². The monoisotopic (exact) mass is 446 g/mol. The molecule has 9 heteroatoms. The Kier molecular flexibility index (Phi) is 6.57. The molecule has 2 aliphatic rings. The largest absolute Gasteiger partial charge is 0.352 e. The minimum absolute atomic E-state index is 0.0470. The number of nitrogens with one attached hydrogen (secondary N) is 3. The molecule has 1 fully saturated rings. The number of hydrogen-bond acceptors (Lipinski definition) is 5. The van der Waals surface area contributed by atoms with Crippen LogP contribution in [0.15, 0.2) is 24.4 Å². The van der Waals surface area contributed by atoms with Crippen LogP contribution < -0.4 is 16.0 Å². The third kappa shape index (κ3) is 5.07. The van der Waals surface area contributed by atoms with Gasteiger partial charge < -0.3 is 20.9 Å². The second-order valence-electron chi connectivity index (χ2n) is 8.44. The lowest BCUT2D eigenvalue weighted by atomic mass is 9.98. The Bertz CT molecular complexity index is 950. The number of carbonyl (C=O) groups excluding carboxylic acids is 1. The smallest absolute Gasteiger partial charge is 0.318 e. The van der Waals surface area contributed by atoms with E-state index in [9.17, 15) is 9.18 Å². The van der Waals surface area contributed by atoms with Crippen molar-refractivity contribution in [3.63, 3.8) is 0 Å². The lowest BCUT2D eigenvalue weighted by Crippen LogP contribution is -2.48. The molecule has 0 spiro atoms. The van der Waals surface area contributed by atoms with E-state index < -0.39 is 5.82 Å². The van der Waals surface area contributed by atoms with Gasteiger partial charge in [-0.3, -0.25) is 0 Å². The molecule has 2 aliphatic heterocycles. The molecule has 1 aromatic carbocycles. The van der Waals surface area contributed by atoms with Gasteiger partial charge in [0.1, 0.15) is 5.82 Å². The van der Waals surface area contributed by atoms with Gasteiger partial charge in [-0.05, 0) is 62.9 Å². The molecule has 4 rings (SSSR count). The predicted octanol–water partition coefficient (Wildman–Crippen LogP) is 3.65. The summed E-state index contributed by atoms with van der Waals surface area (Å²) in [4.78, 5) is 23.9. The first-order chi connectivity index (χ1) is 14.9. The van der Waals surface area contributed by atoms with Gasteiger partial charge in [-0.25, -0.2) is 19.2 Å². The Morgan fingerprint density at radius 2 is 2.23 bits per heavy atom. The van der Waals surface area contributed by atoms with E-state index >= 15 is 0 Å². The van der Waals surface area contributed by atoms with Crippen molar-refractivity contribution in [2.24, 2.45) is 0 Å². The van der Waals surface area contributed by atoms with Crippen LogP contribution in [0.25, 0.3) is 0 Å². The first-order valence-electron chi connectivity index (χ1n) is 10.8. The van der Waals surface area contributed by atoms with Crippen LogP contribution in [0.4, 0.5) is 15.1 Å². The van der Waals surface area contributed by atoms with Crippen LogP contribution in [-0.4, -0.2) is 46.1 Å². The molecule has 3 heterocycles. The summed E-state index contributed by atoms with van der Waals surface area (Å²) in [5.41, 5.74) is 2.62. The molecule has 1 saturated heterocycles. The average Bonchev–Trinajstić information content (AvgIpc) is 3.27. The molecule has 0 saturated carbocycles. The molecule has 0 bridgehead atoms. The van der Waals surface area contributed by atoms with Gasteiger partial charge in [-0.15, -0.1) is 0 Å². The number of amides is 2. The molecule has 1 aromatic heterocycles. The number of hydrogen-bond donors (Lipinski definition) is 3. The van der Waals surface area contributed by atoms with Crippen molar-refractivity contribution in [1.82, 2.24) is 25.5 Å². The Labute approximate surface area is 186 Å². The highest BCUT2D eigenvalue weighted by atomic mass is 35.5. The molecular weight excluding hydrogens is 419 g/mol. The van der Waals surface area contributed by atoms with Crippen molar-refractivity contribution < 1.29 is 9.18 Å². The fraction of sp³-hybridized carbons (Fsp3) is 0.500. The highest BCUT2D eigenvalue weighted by molar-refractivity contribution is 6.30. The third-order valence-corrected chi connectivity index (χ3v) is 6.04. The van der Waals surface area contributed by atoms with Gasteiger partial charge in [0, 0.05) is 24.8 Å². The molecule has 0 aliphatic carbocycles. The van der Waals surface area contributed by atoms with Crippen LogP contribution in [-0.2, 0) is 13.0 Å². The number of anilines is 1. The van der Waals surface area contributed by atoms with Gasteiger partial charge in [0.15, 0.2) is 0 Å². The molecule has 0 radical (unpaired) electrons. The lowest BCUT2D eigenvalue weighted by molar-refractivity contribution is 0.184. The maximum absolute atomic E-state index is 14.1. The van der Waals surface area contributed by atoms with Gasteiger partial charge in [-0.1, -0.05) is 17.7 Å². The first kappa shape index (κ1) is 21.8. The van der Waals surface area contributed by atoms with Crippen molar-refractivity contribution in [2.45, 2.75) is 57.8 Å². The summed E-state index contributed by atoms with van der Waals surface area (Å²) in [6.45, 7) is 5.93. The fourth-order valence-corrected chi connectivity index (χ4v) is 4.26. The van der Waals surface area contributed by atoms with Crippen LogP contribution in [0.1, 0.15) is 49.6 Å². The zero-order valence-corrected chi connectivity index (χ0v) is 18.5. The average molecular weight is 447 g/mol. The Balaban J connectivity index is 1.50. The van der Waals surface area contributed by atoms with Crippen molar-refractivity contribution in [3.8, 4) is 0 Å². The van der Waals surface area contributed by atoms with Crippen molar-refractivity contribution in [1.29, 1.82) is 0 Å². The number of rotatable bonds is 5. The van der Waals surface area contributed by atoms with E-state index in [2.05, 4.69) is 25.9 Å². The lowest BCUT2D eigenvalue weighted by Gasteiger charge is -2.32. The minimum Gasteiger partial charge on any atom is -0.352 e. The van der Waals surface area contributed by atoms with E-state index in [1.807, 2.05) is 20.0 Å². The standard InChI is InChI=1S/C22H28ClFN6O/c1-13(2)27-21-26-11-15-7-9-30(12-19(15)28-21)22(31)29-20(18-4-3-8-25-18)14-5-6-16(23)17(24)10-14/h5-6,10-11,13,18,20,25H,3-4,7-9,12H2,1-2H3,(H,29,31)(H,26,27,28)/t18-,20-/m0/s1. The summed E-state index contributed by atoms with van der Waals surface area (Å²) in [5, 5.41) is 9.83. The van der Waals surface area contributed by atoms with Crippen LogP contribution >= 0.6 is 11.6 Å². The number of fused-ring (bicyclic) bond motifs is 1. The van der Waals surface area contributed by atoms with E-state index in [0.717, 1.165) is 30.6 Å². The summed E-state index contributed by atoms with van der Waals surface area (Å²) in [6.07, 6.45) is 4.47. The van der Waals surface area contributed by atoms with Gasteiger partial charge in [0.05, 0.1) is 23.3 Å². The maximum Gasteiger partial charge on any atom is 0.318 e. The zero-order valence-electron chi connectivity index (χ0n) is 17.8. The first-order valence-corrected chi connectivity index (χ1v) is 11.1. The SMILES string of the molecule is CC(C)Nc1ncc2c(n1)CN(C(=O)N[C@@H](c1ccc(Cl)c(F)c1)[C@@H]1CCCN1)CC2. The number of urea groups is 1. The Morgan fingerprint density at radius 3 is 2.94 bits per heavy atom. The quantitative estimate of drug-likeness (QED) is 0.653. The summed E-state index contributed by atoms with van der Waals surface area (Å²) in [5.74, 6) is 0.0888. The summed E-state index contributed by atoms with van der Waals surface area (Å²) in [6, 6.07) is 4.47. The fourth-order valence-electron chi connectivity index (χ4n) is 4.15. The molecule has 166 valence electrons. The number of halogens is 2. The Hall–Kier alpha value is -2.45. The van der Waals surface area contributed by atoms with E-state index in [1.54, 1.807) is 11.0 Å². The molecule has 3 N–H and O–H groups in total. The normalized spacial score (nSPS) is 19.3. The summed E-state index contributed by atoms with van der Waals surface area (Å²) >= 11 is 5.86. The van der Waals surface area contributed by atoms with Crippen LogP contribution in [0, 0.1) is 5.82 Å². The minimum atomic E-state index is -0.481. The van der Waals surface area contributed by atoms with Crippen molar-refractivity contribution in [3.05, 3.63) is 52.1 Å². The molecule has 2 amide bonds. The molecule has 2 atom stereocenters. The zero-order chi connectivity index (χ0) is 22.0. The van der Waals surface area contributed by atoms with Crippen LogP contribution in [0.5, 0.6) is 0 Å². The van der Waals surface area contributed by atoms with E-state index in [4.69, 9.17) is 11.6 Å². The molecular formula is C22H28ClFN6O. The van der Waals surface area contributed by atoms with Gasteiger partial charge >= 0.3 is 6.03 Å². The maximum atomic E-state index is 14.1. The molecule has 0 unspecified atom stereocenters. The highest BCUT2D eigenvalue weighted by Gasteiger charge is 2.31. The molecule has 7 nitrogen and oxygen atoms in total.